The van der Waals surface area contributed by atoms with E-state index in [4.69, 9.17) is 4.74 Å². The van der Waals surface area contributed by atoms with Gasteiger partial charge in [-0.1, -0.05) is 0 Å². The third-order valence-corrected chi connectivity index (χ3v) is 3.11. The van der Waals surface area contributed by atoms with Gasteiger partial charge < -0.3 is 15.4 Å². The molecule has 5 heteroatoms. The van der Waals surface area contributed by atoms with Crippen LogP contribution in [0.4, 0.5) is 0 Å². The number of likely N-dealkylation sites (N-methyl/N-ethyl adjacent to an activating group) is 1. The van der Waals surface area contributed by atoms with Crippen molar-refractivity contribution in [2.75, 3.05) is 40.4 Å². The molecule has 0 radical (unpaired) electrons. The van der Waals surface area contributed by atoms with Crippen molar-refractivity contribution in [1.82, 2.24) is 15.5 Å². The molecular weight excluding hydrogens is 218 g/mol. The van der Waals surface area contributed by atoms with Crippen LogP contribution < -0.4 is 10.6 Å². The zero-order valence-electron chi connectivity index (χ0n) is 11.2. The SMILES string of the molecule is COCC(C)NC(=O)CN(C)C1CCCNC1. The van der Waals surface area contributed by atoms with Crippen molar-refractivity contribution >= 4 is 5.91 Å². The number of hydrogen-bond donors (Lipinski definition) is 2. The fraction of sp³-hybridized carbons (Fsp3) is 0.917. The molecule has 0 aromatic heterocycles. The van der Waals surface area contributed by atoms with Gasteiger partial charge in [-0.05, 0) is 33.4 Å². The number of piperidine rings is 1. The second kappa shape index (κ2) is 7.63. The number of hydrogen-bond acceptors (Lipinski definition) is 4. The largest absolute Gasteiger partial charge is 0.383 e. The van der Waals surface area contributed by atoms with E-state index in [0.717, 1.165) is 13.1 Å². The second-order valence-electron chi connectivity index (χ2n) is 4.84. The van der Waals surface area contributed by atoms with Crippen LogP contribution in [0.1, 0.15) is 19.8 Å². The van der Waals surface area contributed by atoms with Crippen molar-refractivity contribution in [1.29, 1.82) is 0 Å². The average Bonchev–Trinajstić information content (AvgIpc) is 2.30. The van der Waals surface area contributed by atoms with E-state index in [9.17, 15) is 4.79 Å². The fourth-order valence-corrected chi connectivity index (χ4v) is 2.18. The van der Waals surface area contributed by atoms with Crippen LogP contribution in [0.2, 0.25) is 0 Å². The maximum atomic E-state index is 11.8. The Labute approximate surface area is 104 Å². The zero-order chi connectivity index (χ0) is 12.7. The van der Waals surface area contributed by atoms with E-state index < -0.39 is 0 Å². The first kappa shape index (κ1) is 14.4. The highest BCUT2D eigenvalue weighted by atomic mass is 16.5. The number of nitrogens with one attached hydrogen (secondary N) is 2. The lowest BCUT2D eigenvalue weighted by Crippen LogP contribution is -2.49. The summed E-state index contributed by atoms with van der Waals surface area (Å²) in [7, 11) is 3.65. The Bertz CT molecular complexity index is 230. The number of amides is 1. The van der Waals surface area contributed by atoms with Gasteiger partial charge in [0.15, 0.2) is 0 Å². The van der Waals surface area contributed by atoms with Gasteiger partial charge in [-0.2, -0.15) is 0 Å². The molecule has 5 nitrogen and oxygen atoms in total. The summed E-state index contributed by atoms with van der Waals surface area (Å²) in [6, 6.07) is 0.553. The van der Waals surface area contributed by atoms with Crippen LogP contribution in [-0.2, 0) is 9.53 Å². The van der Waals surface area contributed by atoms with Gasteiger partial charge in [0.1, 0.15) is 0 Å². The third kappa shape index (κ3) is 5.48. The third-order valence-electron chi connectivity index (χ3n) is 3.11. The monoisotopic (exact) mass is 243 g/mol. The fourth-order valence-electron chi connectivity index (χ4n) is 2.18. The Balaban J connectivity index is 2.24. The maximum Gasteiger partial charge on any atom is 0.234 e. The Hall–Kier alpha value is -0.650. The summed E-state index contributed by atoms with van der Waals surface area (Å²) < 4.78 is 4.99. The van der Waals surface area contributed by atoms with Crippen molar-refractivity contribution in [2.24, 2.45) is 0 Å². The Morgan fingerprint density at radius 2 is 2.41 bits per heavy atom. The lowest BCUT2D eigenvalue weighted by Gasteiger charge is -2.31. The lowest BCUT2D eigenvalue weighted by molar-refractivity contribution is -0.123. The molecule has 2 unspecified atom stereocenters. The number of methoxy groups -OCH3 is 1. The molecule has 1 amide bonds. The molecule has 0 aromatic rings. The summed E-state index contributed by atoms with van der Waals surface area (Å²) >= 11 is 0. The molecule has 2 atom stereocenters. The van der Waals surface area contributed by atoms with Gasteiger partial charge in [0.2, 0.25) is 5.91 Å². The van der Waals surface area contributed by atoms with Crippen molar-refractivity contribution in [3.05, 3.63) is 0 Å². The van der Waals surface area contributed by atoms with Crippen LogP contribution >= 0.6 is 0 Å². The number of rotatable bonds is 6. The average molecular weight is 243 g/mol. The first-order chi connectivity index (χ1) is 8.13. The quantitative estimate of drug-likeness (QED) is 0.679. The molecule has 0 spiro atoms. The topological polar surface area (TPSA) is 53.6 Å². The van der Waals surface area contributed by atoms with Gasteiger partial charge >= 0.3 is 0 Å². The summed E-state index contributed by atoms with van der Waals surface area (Å²) in [5.74, 6) is 0.0719. The second-order valence-corrected chi connectivity index (χ2v) is 4.84. The molecule has 1 saturated heterocycles. The van der Waals surface area contributed by atoms with E-state index in [2.05, 4.69) is 15.5 Å². The summed E-state index contributed by atoms with van der Waals surface area (Å²) in [5.41, 5.74) is 0. The van der Waals surface area contributed by atoms with Gasteiger partial charge in [0.25, 0.3) is 0 Å². The number of ether oxygens (including phenoxy) is 1. The molecule has 0 aliphatic carbocycles. The Morgan fingerprint density at radius 3 is 3.00 bits per heavy atom. The summed E-state index contributed by atoms with van der Waals surface area (Å²) in [4.78, 5) is 13.9. The van der Waals surface area contributed by atoms with Crippen LogP contribution in [0.15, 0.2) is 0 Å². The minimum atomic E-state index is 0.0719. The lowest BCUT2D eigenvalue weighted by atomic mass is 10.1. The molecule has 0 aromatic carbocycles. The van der Waals surface area contributed by atoms with Crippen molar-refractivity contribution in [3.63, 3.8) is 0 Å². The van der Waals surface area contributed by atoms with Crippen LogP contribution in [0, 0.1) is 0 Å². The van der Waals surface area contributed by atoms with Gasteiger partial charge in [0, 0.05) is 25.7 Å². The van der Waals surface area contributed by atoms with Gasteiger partial charge in [-0.15, -0.1) is 0 Å². The van der Waals surface area contributed by atoms with Crippen LogP contribution in [0.5, 0.6) is 0 Å². The molecule has 1 heterocycles. The predicted octanol–water partition coefficient (Wildman–Crippen LogP) is -0.179. The minimum Gasteiger partial charge on any atom is -0.383 e. The van der Waals surface area contributed by atoms with Gasteiger partial charge in [-0.25, -0.2) is 0 Å². The smallest absolute Gasteiger partial charge is 0.234 e. The molecule has 2 N–H and O–H groups in total. The minimum absolute atomic E-state index is 0.0719. The number of nitrogens with zero attached hydrogens (tertiary/aromatic N) is 1. The molecule has 1 fully saturated rings. The molecule has 100 valence electrons. The summed E-state index contributed by atoms with van der Waals surface area (Å²) in [6.07, 6.45) is 2.36. The zero-order valence-corrected chi connectivity index (χ0v) is 11.2. The molecule has 0 saturated carbocycles. The first-order valence-electron chi connectivity index (χ1n) is 6.32. The molecule has 1 aliphatic heterocycles. The maximum absolute atomic E-state index is 11.8. The van der Waals surface area contributed by atoms with E-state index in [0.29, 0.717) is 19.2 Å². The standard InChI is InChI=1S/C12H25N3O2/c1-10(9-17-3)14-12(16)8-15(2)11-5-4-6-13-7-11/h10-11,13H,4-9H2,1-3H3,(H,14,16). The van der Waals surface area contributed by atoms with Crippen molar-refractivity contribution in [2.45, 2.75) is 31.8 Å². The van der Waals surface area contributed by atoms with E-state index >= 15 is 0 Å². The van der Waals surface area contributed by atoms with E-state index in [1.54, 1.807) is 7.11 Å². The summed E-state index contributed by atoms with van der Waals surface area (Å²) in [6.45, 7) is 5.04. The first-order valence-corrected chi connectivity index (χ1v) is 6.32. The van der Waals surface area contributed by atoms with Crippen LogP contribution in [0.3, 0.4) is 0 Å². The number of carbonyl (C=O) groups is 1. The highest BCUT2D eigenvalue weighted by molar-refractivity contribution is 5.78. The Morgan fingerprint density at radius 1 is 1.65 bits per heavy atom. The van der Waals surface area contributed by atoms with Gasteiger partial charge in [0.05, 0.1) is 13.2 Å². The number of carbonyl (C=O) groups excluding carboxylic acids is 1. The Kier molecular flexibility index (Phi) is 6.47. The van der Waals surface area contributed by atoms with E-state index in [1.165, 1.54) is 12.8 Å². The van der Waals surface area contributed by atoms with Crippen LogP contribution in [0.25, 0.3) is 0 Å². The molecular formula is C12H25N3O2. The van der Waals surface area contributed by atoms with Gasteiger partial charge in [-0.3, -0.25) is 9.69 Å². The van der Waals surface area contributed by atoms with Crippen LogP contribution in [-0.4, -0.2) is 63.3 Å². The summed E-state index contributed by atoms with van der Waals surface area (Å²) in [5, 5.41) is 6.28. The molecule has 1 aliphatic rings. The van der Waals surface area contributed by atoms with E-state index in [1.807, 2.05) is 14.0 Å². The molecule has 0 bridgehead atoms. The van der Waals surface area contributed by atoms with Crippen molar-refractivity contribution in [3.8, 4) is 0 Å². The predicted molar refractivity (Wildman–Crippen MR) is 68.0 cm³/mol. The molecule has 17 heavy (non-hydrogen) atoms. The highest BCUT2D eigenvalue weighted by Crippen LogP contribution is 2.07. The van der Waals surface area contributed by atoms with Crippen molar-refractivity contribution < 1.29 is 9.53 Å². The van der Waals surface area contributed by atoms with E-state index in [-0.39, 0.29) is 11.9 Å². The normalized spacial score (nSPS) is 22.5. The highest BCUT2D eigenvalue weighted by Gasteiger charge is 2.19. The molecule has 1 rings (SSSR count).